The highest BCUT2D eigenvalue weighted by Gasteiger charge is 2.14. The van der Waals surface area contributed by atoms with E-state index in [1.165, 1.54) is 36.8 Å². The second-order valence-corrected chi connectivity index (χ2v) is 6.03. The maximum absolute atomic E-state index is 6.10. The fraction of sp³-hybridized carbons (Fsp3) is 0.412. The Labute approximate surface area is 142 Å². The van der Waals surface area contributed by atoms with E-state index in [0.717, 1.165) is 24.6 Å². The van der Waals surface area contributed by atoms with Crippen molar-refractivity contribution in [2.75, 3.05) is 35.7 Å². The van der Waals surface area contributed by atoms with Crippen LogP contribution in [0.15, 0.2) is 30.6 Å². The molecule has 1 aliphatic rings. The first-order chi connectivity index (χ1) is 11.3. The third-order valence-electron chi connectivity index (χ3n) is 4.19. The van der Waals surface area contributed by atoms with Gasteiger partial charge in [-0.05, 0) is 30.9 Å². The summed E-state index contributed by atoms with van der Waals surface area (Å²) in [7, 11) is 1.82. The van der Waals surface area contributed by atoms with Gasteiger partial charge in [-0.25, -0.2) is 9.97 Å². The number of rotatable bonds is 5. The highest BCUT2D eigenvalue weighted by molar-refractivity contribution is 6.32. The van der Waals surface area contributed by atoms with E-state index in [4.69, 9.17) is 11.6 Å². The summed E-state index contributed by atoms with van der Waals surface area (Å²) in [5, 5.41) is 6.85. The maximum atomic E-state index is 6.10. The second-order valence-electron chi connectivity index (χ2n) is 5.67. The molecule has 6 heteroatoms. The number of anilines is 3. The molecule has 0 bridgehead atoms. The van der Waals surface area contributed by atoms with Crippen molar-refractivity contribution in [3.8, 4) is 0 Å². The zero-order valence-electron chi connectivity index (χ0n) is 13.3. The van der Waals surface area contributed by atoms with Crippen LogP contribution in [0.25, 0.3) is 0 Å². The Kier molecular flexibility index (Phi) is 5.18. The molecule has 0 amide bonds. The lowest BCUT2D eigenvalue weighted by Crippen LogP contribution is -2.30. The first-order valence-electron chi connectivity index (χ1n) is 8.04. The molecule has 1 saturated heterocycles. The lowest BCUT2D eigenvalue weighted by Gasteiger charge is -2.30. The minimum Gasteiger partial charge on any atom is -0.383 e. The monoisotopic (exact) mass is 331 g/mol. The van der Waals surface area contributed by atoms with Crippen molar-refractivity contribution in [2.24, 2.45) is 0 Å². The SMILES string of the molecule is CNc1c(Cl)ncnc1NCc1ccccc1N1CCCCC1. The molecule has 1 aliphatic heterocycles. The number of nitrogens with zero attached hydrogens (tertiary/aromatic N) is 3. The molecule has 0 unspecified atom stereocenters. The molecule has 0 saturated carbocycles. The summed E-state index contributed by atoms with van der Waals surface area (Å²) in [6.07, 6.45) is 5.35. The van der Waals surface area contributed by atoms with E-state index >= 15 is 0 Å². The Balaban J connectivity index is 1.77. The molecule has 2 heterocycles. The number of benzene rings is 1. The van der Waals surface area contributed by atoms with Crippen LogP contribution in [0.1, 0.15) is 24.8 Å². The third kappa shape index (κ3) is 3.67. The number of para-hydroxylation sites is 1. The standard InChI is InChI=1S/C17H22ClN5/c1-19-15-16(18)21-12-22-17(15)20-11-13-7-3-4-8-14(13)23-9-5-2-6-10-23/h3-4,7-8,12,19H,2,5-6,9-11H2,1H3,(H,20,21,22). The predicted octanol–water partition coefficient (Wildman–Crippen LogP) is 3.77. The van der Waals surface area contributed by atoms with Gasteiger partial charge in [0.2, 0.25) is 0 Å². The van der Waals surface area contributed by atoms with E-state index in [2.05, 4.69) is 49.8 Å². The first-order valence-corrected chi connectivity index (χ1v) is 8.42. The third-order valence-corrected chi connectivity index (χ3v) is 4.47. The molecule has 0 spiro atoms. The van der Waals surface area contributed by atoms with Gasteiger partial charge in [-0.1, -0.05) is 29.8 Å². The Morgan fingerprint density at radius 3 is 2.70 bits per heavy atom. The van der Waals surface area contributed by atoms with Crippen molar-refractivity contribution in [3.05, 3.63) is 41.3 Å². The number of aromatic nitrogens is 2. The molecule has 23 heavy (non-hydrogen) atoms. The van der Waals surface area contributed by atoms with Crippen LogP contribution < -0.4 is 15.5 Å². The first kappa shape index (κ1) is 15.9. The normalized spacial score (nSPS) is 14.6. The Morgan fingerprint density at radius 2 is 1.91 bits per heavy atom. The fourth-order valence-electron chi connectivity index (χ4n) is 3.00. The summed E-state index contributed by atoms with van der Waals surface area (Å²) in [4.78, 5) is 10.8. The minimum absolute atomic E-state index is 0.425. The van der Waals surface area contributed by atoms with Gasteiger partial charge in [0, 0.05) is 32.4 Å². The Morgan fingerprint density at radius 1 is 1.13 bits per heavy atom. The molecule has 0 aliphatic carbocycles. The van der Waals surface area contributed by atoms with Crippen LogP contribution in [0.5, 0.6) is 0 Å². The zero-order chi connectivity index (χ0) is 16.1. The zero-order valence-corrected chi connectivity index (χ0v) is 14.1. The topological polar surface area (TPSA) is 53.1 Å². The predicted molar refractivity (Wildman–Crippen MR) is 96.4 cm³/mol. The molecule has 1 fully saturated rings. The number of piperidine rings is 1. The van der Waals surface area contributed by atoms with Crippen LogP contribution in [0.3, 0.4) is 0 Å². The van der Waals surface area contributed by atoms with Gasteiger partial charge in [0.15, 0.2) is 11.0 Å². The van der Waals surface area contributed by atoms with Gasteiger partial charge in [-0.3, -0.25) is 0 Å². The van der Waals surface area contributed by atoms with Crippen LogP contribution in [0.4, 0.5) is 17.2 Å². The largest absolute Gasteiger partial charge is 0.383 e. The van der Waals surface area contributed by atoms with E-state index in [1.54, 1.807) is 0 Å². The van der Waals surface area contributed by atoms with Crippen LogP contribution in [-0.4, -0.2) is 30.1 Å². The lowest BCUT2D eigenvalue weighted by atomic mass is 10.1. The molecule has 2 aromatic rings. The number of nitrogens with one attached hydrogen (secondary N) is 2. The van der Waals surface area contributed by atoms with Crippen molar-refractivity contribution >= 4 is 28.8 Å². The van der Waals surface area contributed by atoms with Gasteiger partial charge in [0.05, 0.1) is 0 Å². The number of hydrogen-bond acceptors (Lipinski definition) is 5. The summed E-state index contributed by atoms with van der Waals surface area (Å²) in [5.41, 5.74) is 3.31. The second kappa shape index (κ2) is 7.51. The summed E-state index contributed by atoms with van der Waals surface area (Å²) in [6.45, 7) is 2.98. The smallest absolute Gasteiger partial charge is 0.157 e. The van der Waals surface area contributed by atoms with Crippen LogP contribution >= 0.6 is 11.6 Å². The highest BCUT2D eigenvalue weighted by Crippen LogP contribution is 2.28. The van der Waals surface area contributed by atoms with E-state index < -0.39 is 0 Å². The summed E-state index contributed by atoms with van der Waals surface area (Å²) < 4.78 is 0. The van der Waals surface area contributed by atoms with Crippen LogP contribution in [0, 0.1) is 0 Å². The number of halogens is 1. The van der Waals surface area contributed by atoms with Gasteiger partial charge in [0.25, 0.3) is 0 Å². The molecule has 5 nitrogen and oxygen atoms in total. The highest BCUT2D eigenvalue weighted by atomic mass is 35.5. The van der Waals surface area contributed by atoms with Crippen molar-refractivity contribution in [1.82, 2.24) is 9.97 Å². The summed E-state index contributed by atoms with van der Waals surface area (Å²) in [5.74, 6) is 0.723. The number of hydrogen-bond donors (Lipinski definition) is 2. The van der Waals surface area contributed by atoms with Crippen LogP contribution in [0.2, 0.25) is 5.15 Å². The molecule has 3 rings (SSSR count). The van der Waals surface area contributed by atoms with Crippen molar-refractivity contribution in [2.45, 2.75) is 25.8 Å². The van der Waals surface area contributed by atoms with Gasteiger partial charge in [-0.2, -0.15) is 0 Å². The van der Waals surface area contributed by atoms with Gasteiger partial charge in [-0.15, -0.1) is 0 Å². The molecular weight excluding hydrogens is 310 g/mol. The molecule has 122 valence electrons. The molecule has 1 aromatic carbocycles. The van der Waals surface area contributed by atoms with E-state index in [9.17, 15) is 0 Å². The van der Waals surface area contributed by atoms with E-state index in [1.807, 2.05) is 7.05 Å². The average Bonchev–Trinajstić information content (AvgIpc) is 2.61. The Bertz CT molecular complexity index is 655. The van der Waals surface area contributed by atoms with Crippen molar-refractivity contribution < 1.29 is 0 Å². The van der Waals surface area contributed by atoms with Crippen molar-refractivity contribution in [3.63, 3.8) is 0 Å². The fourth-order valence-corrected chi connectivity index (χ4v) is 3.23. The van der Waals surface area contributed by atoms with E-state index in [0.29, 0.717) is 11.7 Å². The molecule has 0 radical (unpaired) electrons. The van der Waals surface area contributed by atoms with Crippen LogP contribution in [-0.2, 0) is 6.54 Å². The maximum Gasteiger partial charge on any atom is 0.157 e. The molecular formula is C17H22ClN5. The Hall–Kier alpha value is -2.01. The van der Waals surface area contributed by atoms with Crippen molar-refractivity contribution in [1.29, 1.82) is 0 Å². The molecule has 1 aromatic heterocycles. The lowest BCUT2D eigenvalue weighted by molar-refractivity contribution is 0.576. The van der Waals surface area contributed by atoms with Gasteiger partial charge >= 0.3 is 0 Å². The van der Waals surface area contributed by atoms with Gasteiger partial charge in [0.1, 0.15) is 12.0 Å². The summed E-state index contributed by atoms with van der Waals surface area (Å²) in [6, 6.07) is 8.55. The quantitative estimate of drug-likeness (QED) is 0.817. The van der Waals surface area contributed by atoms with Gasteiger partial charge < -0.3 is 15.5 Å². The summed E-state index contributed by atoms with van der Waals surface area (Å²) >= 11 is 6.10. The molecule has 2 N–H and O–H groups in total. The van der Waals surface area contributed by atoms with E-state index in [-0.39, 0.29) is 0 Å². The minimum atomic E-state index is 0.425. The molecule has 0 atom stereocenters. The average molecular weight is 332 g/mol.